The Morgan fingerprint density at radius 3 is 2.75 bits per heavy atom. The number of fused-ring (bicyclic) bond motifs is 3. The number of nitrogens with zero attached hydrogens (tertiary/aromatic N) is 3. The molecule has 0 radical (unpaired) electrons. The van der Waals surface area contributed by atoms with Crippen LogP contribution in [0.3, 0.4) is 0 Å². The number of alkyl halides is 3. The number of pyridine rings is 1. The van der Waals surface area contributed by atoms with Gasteiger partial charge in [-0.15, -0.1) is 0 Å². The van der Waals surface area contributed by atoms with E-state index in [0.29, 0.717) is 16.3 Å². The number of aromatic nitrogens is 3. The minimum absolute atomic E-state index is 0.197. The fourth-order valence-electron chi connectivity index (χ4n) is 2.49. The quantitative estimate of drug-likeness (QED) is 0.773. The lowest BCUT2D eigenvalue weighted by molar-refractivity contribution is -0.137. The molecule has 0 saturated heterocycles. The molecule has 2 heterocycles. The summed E-state index contributed by atoms with van der Waals surface area (Å²) in [6.07, 6.45) is -3.72. The van der Waals surface area contributed by atoms with Crippen LogP contribution >= 0.6 is 0 Å². The van der Waals surface area contributed by atoms with Crippen molar-refractivity contribution >= 4 is 33.7 Å². The Hall–Kier alpha value is -2.84. The first-order valence-corrected chi connectivity index (χ1v) is 7.07. The van der Waals surface area contributed by atoms with Crippen molar-refractivity contribution in [1.29, 1.82) is 0 Å². The molecule has 1 amide bonds. The van der Waals surface area contributed by atoms with Crippen LogP contribution in [0.4, 0.5) is 23.8 Å². The maximum Gasteiger partial charge on any atom is 0.416 e. The Bertz CT molecular complexity index is 934. The number of rotatable bonds is 2. The normalized spacial score (nSPS) is 11.9. The van der Waals surface area contributed by atoms with Gasteiger partial charge in [0, 0.05) is 18.6 Å². The number of hydrogen-bond donors (Lipinski definition) is 1. The van der Waals surface area contributed by atoms with Gasteiger partial charge < -0.3 is 4.74 Å². The van der Waals surface area contributed by atoms with Gasteiger partial charge in [-0.25, -0.2) is 4.79 Å². The van der Waals surface area contributed by atoms with Gasteiger partial charge in [0.2, 0.25) is 0 Å². The van der Waals surface area contributed by atoms with Gasteiger partial charge >= 0.3 is 12.3 Å². The molecule has 0 atom stereocenters. The Balaban J connectivity index is 2.15. The molecule has 24 heavy (non-hydrogen) atoms. The molecule has 0 spiro atoms. The number of carbonyl (C=O) groups is 1. The SMILES string of the molecule is CCOC(=O)Nc1nn(C)c2c1cnc1cc(C(F)(F)F)ccc12. The highest BCUT2D eigenvalue weighted by atomic mass is 19.4. The second-order valence-electron chi connectivity index (χ2n) is 5.07. The van der Waals surface area contributed by atoms with Gasteiger partial charge in [0.25, 0.3) is 0 Å². The first kappa shape index (κ1) is 16.0. The maximum absolute atomic E-state index is 12.8. The Kier molecular flexibility index (Phi) is 3.78. The molecule has 126 valence electrons. The summed E-state index contributed by atoms with van der Waals surface area (Å²) >= 11 is 0. The first-order chi connectivity index (χ1) is 11.3. The van der Waals surface area contributed by atoms with Gasteiger partial charge in [-0.2, -0.15) is 18.3 Å². The molecule has 0 fully saturated rings. The number of anilines is 1. The van der Waals surface area contributed by atoms with E-state index in [0.717, 1.165) is 12.1 Å². The van der Waals surface area contributed by atoms with Crippen molar-refractivity contribution < 1.29 is 22.7 Å². The molecule has 0 bridgehead atoms. The van der Waals surface area contributed by atoms with Crippen molar-refractivity contribution in [3.63, 3.8) is 0 Å². The van der Waals surface area contributed by atoms with Crippen LogP contribution in [0.1, 0.15) is 12.5 Å². The maximum atomic E-state index is 12.8. The number of hydrogen-bond acceptors (Lipinski definition) is 4. The summed E-state index contributed by atoms with van der Waals surface area (Å²) in [5.41, 5.74) is -0.00239. The van der Waals surface area contributed by atoms with Crippen LogP contribution in [0.2, 0.25) is 0 Å². The summed E-state index contributed by atoms with van der Waals surface area (Å²) in [6.45, 7) is 1.88. The molecular weight excluding hydrogens is 325 g/mol. The minimum Gasteiger partial charge on any atom is -0.450 e. The molecule has 0 aliphatic rings. The molecule has 0 saturated carbocycles. The molecule has 3 aromatic rings. The topological polar surface area (TPSA) is 69.0 Å². The Morgan fingerprint density at radius 1 is 1.33 bits per heavy atom. The summed E-state index contributed by atoms with van der Waals surface area (Å²) in [4.78, 5) is 15.6. The van der Waals surface area contributed by atoms with Crippen LogP contribution in [0, 0.1) is 0 Å². The van der Waals surface area contributed by atoms with E-state index >= 15 is 0 Å². The van der Waals surface area contributed by atoms with Crippen LogP contribution < -0.4 is 5.32 Å². The van der Waals surface area contributed by atoms with Gasteiger partial charge in [0.05, 0.1) is 28.6 Å². The number of benzene rings is 1. The fourth-order valence-corrected chi connectivity index (χ4v) is 2.49. The Labute approximate surface area is 134 Å². The lowest BCUT2D eigenvalue weighted by Crippen LogP contribution is -2.14. The van der Waals surface area contributed by atoms with Gasteiger partial charge in [-0.1, -0.05) is 6.07 Å². The van der Waals surface area contributed by atoms with Crippen molar-refractivity contribution in [2.45, 2.75) is 13.1 Å². The van der Waals surface area contributed by atoms with Gasteiger partial charge in [-0.3, -0.25) is 15.0 Å². The summed E-state index contributed by atoms with van der Waals surface area (Å²) in [5.74, 6) is 0.236. The van der Waals surface area contributed by atoms with Gasteiger partial charge in [0.1, 0.15) is 0 Å². The molecule has 0 aliphatic heterocycles. The number of ether oxygens (including phenoxy) is 1. The van der Waals surface area contributed by atoms with Crippen LogP contribution in [-0.2, 0) is 18.0 Å². The van der Waals surface area contributed by atoms with Crippen LogP contribution in [-0.4, -0.2) is 27.5 Å². The average Bonchev–Trinajstić information content (AvgIpc) is 2.82. The van der Waals surface area contributed by atoms with Crippen LogP contribution in [0.15, 0.2) is 24.4 Å². The molecule has 1 aromatic carbocycles. The van der Waals surface area contributed by atoms with Crippen molar-refractivity contribution in [2.24, 2.45) is 7.05 Å². The van der Waals surface area contributed by atoms with Crippen molar-refractivity contribution in [2.75, 3.05) is 11.9 Å². The first-order valence-electron chi connectivity index (χ1n) is 7.07. The molecule has 0 aliphatic carbocycles. The molecule has 1 N–H and O–H groups in total. The summed E-state index contributed by atoms with van der Waals surface area (Å²) < 4.78 is 44.7. The van der Waals surface area contributed by atoms with E-state index in [-0.39, 0.29) is 17.9 Å². The van der Waals surface area contributed by atoms with Gasteiger partial charge in [-0.05, 0) is 19.1 Å². The molecule has 9 heteroatoms. The largest absolute Gasteiger partial charge is 0.450 e. The van der Waals surface area contributed by atoms with E-state index in [2.05, 4.69) is 15.4 Å². The predicted octanol–water partition coefficient (Wildman–Crippen LogP) is 3.71. The van der Waals surface area contributed by atoms with Gasteiger partial charge in [0.15, 0.2) is 5.82 Å². The minimum atomic E-state index is -4.44. The molecule has 3 rings (SSSR count). The third kappa shape index (κ3) is 2.72. The summed E-state index contributed by atoms with van der Waals surface area (Å²) in [5, 5.41) is 7.69. The standard InChI is InChI=1S/C15H13F3N4O2/c1-3-24-14(23)20-13-10-7-19-11-6-8(15(16,17)18)4-5-9(11)12(10)22(2)21-13/h4-7H,3H2,1-2H3,(H,20,21,23). The number of aryl methyl sites for hydroxylation is 1. The fraction of sp³-hybridized carbons (Fsp3) is 0.267. The van der Waals surface area contributed by atoms with E-state index in [1.807, 2.05) is 0 Å². The molecular formula is C15H13F3N4O2. The van der Waals surface area contributed by atoms with E-state index in [1.54, 1.807) is 14.0 Å². The smallest absolute Gasteiger partial charge is 0.416 e. The van der Waals surface area contributed by atoms with E-state index < -0.39 is 17.8 Å². The van der Waals surface area contributed by atoms with E-state index in [4.69, 9.17) is 4.74 Å². The third-order valence-corrected chi connectivity index (χ3v) is 3.49. The number of amides is 1. The lowest BCUT2D eigenvalue weighted by Gasteiger charge is -2.08. The lowest BCUT2D eigenvalue weighted by atomic mass is 10.1. The summed E-state index contributed by atoms with van der Waals surface area (Å²) in [6, 6.07) is 3.33. The highest BCUT2D eigenvalue weighted by Crippen LogP contribution is 2.34. The molecule has 2 aromatic heterocycles. The van der Waals surface area contributed by atoms with Crippen molar-refractivity contribution in [1.82, 2.24) is 14.8 Å². The second-order valence-corrected chi connectivity index (χ2v) is 5.07. The molecule has 6 nitrogen and oxygen atoms in total. The highest BCUT2D eigenvalue weighted by molar-refractivity contribution is 6.09. The van der Waals surface area contributed by atoms with E-state index in [1.165, 1.54) is 16.9 Å². The second kappa shape index (κ2) is 5.66. The zero-order valence-electron chi connectivity index (χ0n) is 12.8. The Morgan fingerprint density at radius 2 is 2.08 bits per heavy atom. The predicted molar refractivity (Wildman–Crippen MR) is 81.7 cm³/mol. The average molecular weight is 338 g/mol. The van der Waals surface area contributed by atoms with E-state index in [9.17, 15) is 18.0 Å². The third-order valence-electron chi connectivity index (χ3n) is 3.49. The number of nitrogens with one attached hydrogen (secondary N) is 1. The monoisotopic (exact) mass is 338 g/mol. The highest BCUT2D eigenvalue weighted by Gasteiger charge is 2.30. The number of halogens is 3. The van der Waals surface area contributed by atoms with Crippen LogP contribution in [0.25, 0.3) is 21.8 Å². The van der Waals surface area contributed by atoms with Crippen molar-refractivity contribution in [3.05, 3.63) is 30.0 Å². The zero-order valence-corrected chi connectivity index (χ0v) is 12.8. The van der Waals surface area contributed by atoms with Crippen molar-refractivity contribution in [3.8, 4) is 0 Å². The van der Waals surface area contributed by atoms with Crippen LogP contribution in [0.5, 0.6) is 0 Å². The summed E-state index contributed by atoms with van der Waals surface area (Å²) in [7, 11) is 1.63. The molecule has 0 unspecified atom stereocenters. The zero-order chi connectivity index (χ0) is 17.5. The number of carbonyl (C=O) groups excluding carboxylic acids is 1.